The number of hydrogen-bond acceptors (Lipinski definition) is 2. The first kappa shape index (κ1) is 9.71. The molecule has 0 bridgehead atoms. The van der Waals surface area contributed by atoms with E-state index in [9.17, 15) is 0 Å². The largest absolute Gasteiger partial charge is 0.345 e. The Balaban J connectivity index is 0.000000404. The Morgan fingerprint density at radius 3 is 2.60 bits per heavy atom. The maximum absolute atomic E-state index is 4.38. The summed E-state index contributed by atoms with van der Waals surface area (Å²) in [5, 5.41) is 0. The van der Waals surface area contributed by atoms with Crippen molar-refractivity contribution in [3.63, 3.8) is 0 Å². The zero-order chi connectivity index (χ0) is 10.8. The number of H-pyrrole nitrogens is 2. The van der Waals surface area contributed by atoms with Crippen LogP contribution in [0.3, 0.4) is 0 Å². The van der Waals surface area contributed by atoms with Gasteiger partial charge in [0, 0.05) is 0 Å². The van der Waals surface area contributed by atoms with Gasteiger partial charge in [0.2, 0.25) is 0 Å². The van der Waals surface area contributed by atoms with Crippen LogP contribution < -0.4 is 0 Å². The number of hydrogen-bond donors (Lipinski definition) is 2. The first-order chi connectivity index (χ1) is 7.34. The van der Waals surface area contributed by atoms with Crippen molar-refractivity contribution in [1.82, 2.24) is 19.9 Å². The van der Waals surface area contributed by atoms with Gasteiger partial charge >= 0.3 is 0 Å². The SMILES string of the molecule is CC.Cc1nc2c(ccc3[nH]cnc32)[nH]1. The molecule has 0 amide bonds. The summed E-state index contributed by atoms with van der Waals surface area (Å²) in [6.45, 7) is 5.94. The molecule has 2 heterocycles. The molecule has 2 aromatic heterocycles. The fraction of sp³-hybridized carbons (Fsp3) is 0.273. The van der Waals surface area contributed by atoms with Crippen molar-refractivity contribution in [3.8, 4) is 0 Å². The van der Waals surface area contributed by atoms with Crippen LogP contribution in [0.15, 0.2) is 18.5 Å². The summed E-state index contributed by atoms with van der Waals surface area (Å²) in [5.41, 5.74) is 3.94. The third kappa shape index (κ3) is 1.48. The zero-order valence-electron chi connectivity index (χ0n) is 9.13. The molecule has 0 spiro atoms. The van der Waals surface area contributed by atoms with Crippen molar-refractivity contribution >= 4 is 22.1 Å². The number of nitrogens with one attached hydrogen (secondary N) is 2. The third-order valence-electron chi connectivity index (χ3n) is 2.16. The second kappa shape index (κ2) is 3.73. The lowest BCUT2D eigenvalue weighted by Gasteiger charge is -1.88. The number of imidazole rings is 2. The number of nitrogens with zero attached hydrogens (tertiary/aromatic N) is 2. The predicted molar refractivity (Wildman–Crippen MR) is 61.8 cm³/mol. The van der Waals surface area contributed by atoms with E-state index in [1.807, 2.05) is 32.9 Å². The van der Waals surface area contributed by atoms with Gasteiger partial charge in [-0.2, -0.15) is 0 Å². The zero-order valence-corrected chi connectivity index (χ0v) is 9.13. The molecule has 2 N–H and O–H groups in total. The van der Waals surface area contributed by atoms with Gasteiger partial charge in [0.15, 0.2) is 0 Å². The van der Waals surface area contributed by atoms with E-state index in [1.54, 1.807) is 6.33 Å². The van der Waals surface area contributed by atoms with Gasteiger partial charge in [-0.15, -0.1) is 0 Å². The number of fused-ring (bicyclic) bond motifs is 3. The Bertz CT molecular complexity index is 576. The number of aryl methyl sites for hydroxylation is 1. The highest BCUT2D eigenvalue weighted by Crippen LogP contribution is 2.19. The lowest BCUT2D eigenvalue weighted by Crippen LogP contribution is -1.73. The molecule has 15 heavy (non-hydrogen) atoms. The highest BCUT2D eigenvalue weighted by Gasteiger charge is 2.05. The molecule has 0 unspecified atom stereocenters. The fourth-order valence-corrected chi connectivity index (χ4v) is 1.60. The molecule has 0 atom stereocenters. The smallest absolute Gasteiger partial charge is 0.116 e. The number of rotatable bonds is 0. The van der Waals surface area contributed by atoms with Crippen LogP contribution in [0.4, 0.5) is 0 Å². The maximum atomic E-state index is 4.38. The summed E-state index contributed by atoms with van der Waals surface area (Å²) in [6.07, 6.45) is 1.69. The first-order valence-corrected chi connectivity index (χ1v) is 5.13. The average Bonchev–Trinajstić information content (AvgIpc) is 2.84. The second-order valence-electron chi connectivity index (χ2n) is 3.08. The lowest BCUT2D eigenvalue weighted by molar-refractivity contribution is 1.17. The summed E-state index contributed by atoms with van der Waals surface area (Å²) in [7, 11) is 0. The molecule has 78 valence electrons. The highest BCUT2D eigenvalue weighted by molar-refractivity contribution is 5.99. The monoisotopic (exact) mass is 202 g/mol. The van der Waals surface area contributed by atoms with Gasteiger partial charge in [0.1, 0.15) is 16.9 Å². The van der Waals surface area contributed by atoms with E-state index in [0.29, 0.717) is 0 Å². The average molecular weight is 202 g/mol. The van der Waals surface area contributed by atoms with Gasteiger partial charge in [-0.1, -0.05) is 13.8 Å². The van der Waals surface area contributed by atoms with Crippen molar-refractivity contribution < 1.29 is 0 Å². The van der Waals surface area contributed by atoms with Crippen molar-refractivity contribution in [2.75, 3.05) is 0 Å². The molecule has 0 saturated carbocycles. The minimum atomic E-state index is 0.922. The van der Waals surface area contributed by atoms with Crippen LogP contribution in [-0.4, -0.2) is 19.9 Å². The number of aromatic amines is 2. The summed E-state index contributed by atoms with van der Waals surface area (Å²) in [4.78, 5) is 14.8. The predicted octanol–water partition coefficient (Wildman–Crippen LogP) is 2.77. The van der Waals surface area contributed by atoms with Crippen LogP contribution in [0, 0.1) is 6.92 Å². The van der Waals surface area contributed by atoms with Crippen LogP contribution in [0.25, 0.3) is 22.1 Å². The molecule has 0 fully saturated rings. The van der Waals surface area contributed by atoms with E-state index in [1.165, 1.54) is 0 Å². The molecule has 0 saturated heterocycles. The molecule has 3 aromatic rings. The van der Waals surface area contributed by atoms with E-state index >= 15 is 0 Å². The van der Waals surface area contributed by atoms with Gasteiger partial charge in [0.25, 0.3) is 0 Å². The summed E-state index contributed by atoms with van der Waals surface area (Å²) in [6, 6.07) is 4.01. The summed E-state index contributed by atoms with van der Waals surface area (Å²) >= 11 is 0. The maximum Gasteiger partial charge on any atom is 0.116 e. The van der Waals surface area contributed by atoms with Crippen molar-refractivity contribution in [1.29, 1.82) is 0 Å². The molecule has 0 aliphatic heterocycles. The molecule has 0 aliphatic carbocycles. The Kier molecular flexibility index (Phi) is 2.41. The van der Waals surface area contributed by atoms with Gasteiger partial charge in [-0.3, -0.25) is 0 Å². The molecular weight excluding hydrogens is 188 g/mol. The molecule has 4 nitrogen and oxygen atoms in total. The Morgan fingerprint density at radius 2 is 1.80 bits per heavy atom. The number of aromatic nitrogens is 4. The van der Waals surface area contributed by atoms with E-state index in [0.717, 1.165) is 27.9 Å². The van der Waals surface area contributed by atoms with Crippen LogP contribution in [0.2, 0.25) is 0 Å². The van der Waals surface area contributed by atoms with Crippen molar-refractivity contribution in [3.05, 3.63) is 24.3 Å². The minimum Gasteiger partial charge on any atom is -0.345 e. The lowest BCUT2D eigenvalue weighted by atomic mass is 10.3. The van der Waals surface area contributed by atoms with Crippen molar-refractivity contribution in [2.24, 2.45) is 0 Å². The minimum absolute atomic E-state index is 0.922. The fourth-order valence-electron chi connectivity index (χ4n) is 1.60. The Hall–Kier alpha value is -1.84. The molecule has 1 aromatic carbocycles. The van der Waals surface area contributed by atoms with Gasteiger partial charge in [-0.25, -0.2) is 9.97 Å². The standard InChI is InChI=1S/C9H8N4.C2H6/c1-5-12-7-3-2-6-8(9(7)13-5)11-4-10-6;1-2/h2-4H,1H3,(H,10,11)(H,12,13);1-2H3. The quantitative estimate of drug-likeness (QED) is 0.589. The van der Waals surface area contributed by atoms with Crippen LogP contribution in [-0.2, 0) is 0 Å². The molecule has 3 rings (SSSR count). The first-order valence-electron chi connectivity index (χ1n) is 5.13. The van der Waals surface area contributed by atoms with Crippen LogP contribution in [0.5, 0.6) is 0 Å². The van der Waals surface area contributed by atoms with Gasteiger partial charge in [0.05, 0.1) is 17.4 Å². The topological polar surface area (TPSA) is 57.4 Å². The van der Waals surface area contributed by atoms with Crippen molar-refractivity contribution in [2.45, 2.75) is 20.8 Å². The Morgan fingerprint density at radius 1 is 1.07 bits per heavy atom. The molecule has 0 aliphatic rings. The Labute approximate surface area is 87.8 Å². The third-order valence-corrected chi connectivity index (χ3v) is 2.16. The number of benzene rings is 1. The van der Waals surface area contributed by atoms with Gasteiger partial charge in [-0.05, 0) is 19.1 Å². The van der Waals surface area contributed by atoms with E-state index in [4.69, 9.17) is 0 Å². The van der Waals surface area contributed by atoms with E-state index in [-0.39, 0.29) is 0 Å². The van der Waals surface area contributed by atoms with Crippen LogP contribution >= 0.6 is 0 Å². The summed E-state index contributed by atoms with van der Waals surface area (Å²) < 4.78 is 0. The molecule has 0 radical (unpaired) electrons. The molecule has 4 heteroatoms. The van der Waals surface area contributed by atoms with E-state index < -0.39 is 0 Å². The second-order valence-corrected chi connectivity index (χ2v) is 3.08. The molecular formula is C11H14N4. The highest BCUT2D eigenvalue weighted by atomic mass is 14.9. The summed E-state index contributed by atoms with van der Waals surface area (Å²) in [5.74, 6) is 0.922. The normalized spacial score (nSPS) is 10.3. The van der Waals surface area contributed by atoms with Crippen LogP contribution in [0.1, 0.15) is 19.7 Å². The van der Waals surface area contributed by atoms with Gasteiger partial charge < -0.3 is 9.97 Å². The van der Waals surface area contributed by atoms with E-state index in [2.05, 4.69) is 19.9 Å².